The number of carbonyl (C=O) groups is 3. The Hall–Kier alpha value is -3.67. The van der Waals surface area contributed by atoms with Crippen LogP contribution in [0.4, 0.5) is 0 Å². The fourth-order valence-corrected chi connectivity index (χ4v) is 10.2. The zero-order chi connectivity index (χ0) is 59.9. The minimum absolute atomic E-state index is 0.0943. The van der Waals surface area contributed by atoms with Gasteiger partial charge in [-0.25, -0.2) is 0 Å². The molecule has 0 rings (SSSR count). The molecule has 0 radical (unpaired) electrons. The molecule has 0 N–H and O–H groups in total. The standard InChI is InChI=1S/C77H134O6/c1-4-7-10-13-16-19-22-25-28-31-33-35-37-38-40-41-43-46-49-52-55-58-61-64-67-70-76(79)82-73-74(72-81-75(78)69-66-63-60-57-54-51-48-45-30-27-24-21-18-15-12-9-6-3)83-77(80)71-68-65-62-59-56-53-50-47-44-42-39-36-34-32-29-26-23-20-17-14-11-8-5-2/h9,12,18,21,23,26-27,30-34,48,51,57,60,74H,4-8,10-11,13-17,19-20,22,24-25,28-29,35-47,49-50,52-56,58-59,61-73H2,1-3H3/b12-9-,21-18-,26-23-,30-27-,33-31-,34-32-,51-48-,60-57-. The largest absolute Gasteiger partial charge is 0.462 e. The average molecular weight is 1160 g/mol. The minimum atomic E-state index is -0.804. The summed E-state index contributed by atoms with van der Waals surface area (Å²) in [5, 5.41) is 0. The van der Waals surface area contributed by atoms with Crippen LogP contribution in [0.2, 0.25) is 0 Å². The quantitative estimate of drug-likeness (QED) is 0.0261. The first-order valence-corrected chi connectivity index (χ1v) is 35.7. The van der Waals surface area contributed by atoms with E-state index in [1.165, 1.54) is 225 Å². The number of allylic oxidation sites excluding steroid dienone is 16. The molecule has 0 aromatic carbocycles. The maximum atomic E-state index is 13.0. The molecule has 83 heavy (non-hydrogen) atoms. The lowest BCUT2D eigenvalue weighted by Crippen LogP contribution is -2.30. The highest BCUT2D eigenvalue weighted by Crippen LogP contribution is 2.17. The smallest absolute Gasteiger partial charge is 0.306 e. The number of esters is 3. The van der Waals surface area contributed by atoms with E-state index < -0.39 is 6.10 Å². The summed E-state index contributed by atoms with van der Waals surface area (Å²) >= 11 is 0. The monoisotopic (exact) mass is 1160 g/mol. The number of rotatable bonds is 65. The van der Waals surface area contributed by atoms with Crippen LogP contribution in [0.3, 0.4) is 0 Å². The summed E-state index contributed by atoms with van der Waals surface area (Å²) in [5.41, 5.74) is 0. The zero-order valence-electron chi connectivity index (χ0n) is 54.9. The Kier molecular flexibility index (Phi) is 67.7. The third-order valence-electron chi connectivity index (χ3n) is 15.5. The Balaban J connectivity index is 4.38. The first kappa shape index (κ1) is 79.3. The summed E-state index contributed by atoms with van der Waals surface area (Å²) in [6.45, 7) is 6.51. The Morgan fingerprint density at radius 1 is 0.253 bits per heavy atom. The Morgan fingerprint density at radius 2 is 0.482 bits per heavy atom. The molecule has 0 fully saturated rings. The van der Waals surface area contributed by atoms with Gasteiger partial charge in [0, 0.05) is 19.3 Å². The molecule has 1 atom stereocenters. The van der Waals surface area contributed by atoms with E-state index in [1.54, 1.807) is 0 Å². The van der Waals surface area contributed by atoms with E-state index in [1.807, 2.05) is 0 Å². The Bertz CT molecular complexity index is 1610. The van der Waals surface area contributed by atoms with Crippen molar-refractivity contribution in [3.05, 3.63) is 97.2 Å². The van der Waals surface area contributed by atoms with E-state index in [-0.39, 0.29) is 37.5 Å². The molecular formula is C77H134O6. The van der Waals surface area contributed by atoms with E-state index >= 15 is 0 Å². The van der Waals surface area contributed by atoms with Gasteiger partial charge >= 0.3 is 17.9 Å². The molecule has 6 heteroatoms. The zero-order valence-corrected chi connectivity index (χ0v) is 54.9. The van der Waals surface area contributed by atoms with Crippen molar-refractivity contribution in [1.29, 1.82) is 0 Å². The third-order valence-corrected chi connectivity index (χ3v) is 15.5. The molecule has 0 aromatic rings. The second kappa shape index (κ2) is 70.8. The van der Waals surface area contributed by atoms with E-state index in [2.05, 4.69) is 118 Å². The van der Waals surface area contributed by atoms with Crippen LogP contribution in [0.5, 0.6) is 0 Å². The van der Waals surface area contributed by atoms with E-state index in [9.17, 15) is 14.4 Å². The number of unbranched alkanes of at least 4 members (excludes halogenated alkanes) is 38. The molecule has 0 heterocycles. The van der Waals surface area contributed by atoms with Gasteiger partial charge < -0.3 is 14.2 Å². The number of carbonyl (C=O) groups excluding carboxylic acids is 3. The van der Waals surface area contributed by atoms with Gasteiger partial charge in [-0.05, 0) is 116 Å². The van der Waals surface area contributed by atoms with E-state index in [4.69, 9.17) is 14.2 Å². The average Bonchev–Trinajstić information content (AvgIpc) is 3.49. The van der Waals surface area contributed by atoms with Gasteiger partial charge in [0.2, 0.25) is 0 Å². The van der Waals surface area contributed by atoms with Gasteiger partial charge in [-0.1, -0.05) is 317 Å². The first-order chi connectivity index (χ1) is 41.0. The fourth-order valence-electron chi connectivity index (χ4n) is 10.2. The number of hydrogen-bond donors (Lipinski definition) is 0. The van der Waals surface area contributed by atoms with Crippen LogP contribution in [0, 0.1) is 0 Å². The van der Waals surface area contributed by atoms with Gasteiger partial charge in [-0.3, -0.25) is 14.4 Å². The molecule has 0 aliphatic carbocycles. The first-order valence-electron chi connectivity index (χ1n) is 35.7. The number of hydrogen-bond acceptors (Lipinski definition) is 6. The van der Waals surface area contributed by atoms with Crippen LogP contribution in [-0.2, 0) is 28.6 Å². The van der Waals surface area contributed by atoms with Crippen LogP contribution < -0.4 is 0 Å². The summed E-state index contributed by atoms with van der Waals surface area (Å²) in [6, 6.07) is 0. The minimum Gasteiger partial charge on any atom is -0.462 e. The van der Waals surface area contributed by atoms with Crippen molar-refractivity contribution in [2.24, 2.45) is 0 Å². The van der Waals surface area contributed by atoms with E-state index in [0.717, 1.165) is 83.5 Å². The molecule has 0 aliphatic heterocycles. The maximum Gasteiger partial charge on any atom is 0.306 e. The van der Waals surface area contributed by atoms with Gasteiger partial charge in [-0.15, -0.1) is 0 Å². The summed E-state index contributed by atoms with van der Waals surface area (Å²) in [7, 11) is 0. The Morgan fingerprint density at radius 3 is 0.795 bits per heavy atom. The lowest BCUT2D eigenvalue weighted by molar-refractivity contribution is -0.167. The molecule has 0 saturated heterocycles. The third kappa shape index (κ3) is 69.0. The van der Waals surface area contributed by atoms with Crippen molar-refractivity contribution in [2.45, 2.75) is 361 Å². The van der Waals surface area contributed by atoms with Crippen molar-refractivity contribution < 1.29 is 28.6 Å². The molecule has 0 aromatic heterocycles. The maximum absolute atomic E-state index is 13.0. The highest BCUT2D eigenvalue weighted by atomic mass is 16.6. The predicted molar refractivity (Wildman–Crippen MR) is 362 cm³/mol. The van der Waals surface area contributed by atoms with E-state index in [0.29, 0.717) is 19.3 Å². The highest BCUT2D eigenvalue weighted by molar-refractivity contribution is 5.71. The molecular weight excluding hydrogens is 1020 g/mol. The molecule has 478 valence electrons. The second-order valence-corrected chi connectivity index (χ2v) is 23.8. The van der Waals surface area contributed by atoms with Crippen molar-refractivity contribution >= 4 is 17.9 Å². The predicted octanol–water partition coefficient (Wildman–Crippen LogP) is 24.8. The molecule has 0 saturated carbocycles. The van der Waals surface area contributed by atoms with Crippen molar-refractivity contribution in [3.8, 4) is 0 Å². The molecule has 0 amide bonds. The SMILES string of the molecule is CC/C=C\C/C=C\C/C=C\C/C=C\C/C=C\CCCC(=O)OCC(COC(=O)CCCCCCCCCCCCCCC/C=C\CCCCCCCCCC)OC(=O)CCCCCCCCCCCCC/C=C\C/C=C\CCCCCCC. The highest BCUT2D eigenvalue weighted by Gasteiger charge is 2.19. The summed E-state index contributed by atoms with van der Waals surface area (Å²) in [6.07, 6.45) is 95.8. The van der Waals surface area contributed by atoms with Gasteiger partial charge in [0.1, 0.15) is 13.2 Å². The summed E-state index contributed by atoms with van der Waals surface area (Å²) in [5.74, 6) is -0.942. The van der Waals surface area contributed by atoms with Crippen LogP contribution in [0.25, 0.3) is 0 Å². The topological polar surface area (TPSA) is 78.9 Å². The van der Waals surface area contributed by atoms with Crippen molar-refractivity contribution in [1.82, 2.24) is 0 Å². The van der Waals surface area contributed by atoms with Crippen LogP contribution in [0.15, 0.2) is 97.2 Å². The summed E-state index contributed by atoms with van der Waals surface area (Å²) < 4.78 is 17.0. The molecule has 0 aliphatic rings. The summed E-state index contributed by atoms with van der Waals surface area (Å²) in [4.78, 5) is 38.5. The molecule has 0 spiro atoms. The van der Waals surface area contributed by atoms with Gasteiger partial charge in [-0.2, -0.15) is 0 Å². The van der Waals surface area contributed by atoms with Gasteiger partial charge in [0.05, 0.1) is 0 Å². The van der Waals surface area contributed by atoms with Crippen molar-refractivity contribution in [2.75, 3.05) is 13.2 Å². The Labute approximate surface area is 515 Å². The van der Waals surface area contributed by atoms with Crippen LogP contribution in [0.1, 0.15) is 355 Å². The van der Waals surface area contributed by atoms with Gasteiger partial charge in [0.15, 0.2) is 6.10 Å². The van der Waals surface area contributed by atoms with Crippen molar-refractivity contribution in [3.63, 3.8) is 0 Å². The molecule has 1 unspecified atom stereocenters. The normalized spacial score (nSPS) is 12.7. The lowest BCUT2D eigenvalue weighted by Gasteiger charge is -2.18. The fraction of sp³-hybridized carbons (Fsp3) is 0.753. The van der Waals surface area contributed by atoms with Gasteiger partial charge in [0.25, 0.3) is 0 Å². The number of ether oxygens (including phenoxy) is 3. The second-order valence-electron chi connectivity index (χ2n) is 23.8. The molecule has 0 bridgehead atoms. The van der Waals surface area contributed by atoms with Crippen LogP contribution >= 0.6 is 0 Å². The van der Waals surface area contributed by atoms with Crippen LogP contribution in [-0.4, -0.2) is 37.2 Å². The lowest BCUT2D eigenvalue weighted by atomic mass is 10.0. The molecule has 6 nitrogen and oxygen atoms in total.